The van der Waals surface area contributed by atoms with E-state index in [1.54, 1.807) is 0 Å². The monoisotopic (exact) mass is 334 g/mol. The van der Waals surface area contributed by atoms with Crippen molar-refractivity contribution in [2.24, 2.45) is 0 Å². The minimum atomic E-state index is -4.55. The maximum Gasteiger partial charge on any atom is 0.416 e. The highest BCUT2D eigenvalue weighted by Gasteiger charge is 2.31. The lowest BCUT2D eigenvalue weighted by atomic mass is 10.2. The van der Waals surface area contributed by atoms with Gasteiger partial charge in [0.2, 0.25) is 10.0 Å². The highest BCUT2D eigenvalue weighted by Crippen LogP contribution is 2.30. The van der Waals surface area contributed by atoms with Gasteiger partial charge < -0.3 is 0 Å². The Balaban J connectivity index is 2.58. The summed E-state index contributed by atoms with van der Waals surface area (Å²) in [7, 11) is -3.87. The summed E-state index contributed by atoms with van der Waals surface area (Å²) in [5.41, 5.74) is -1.91. The Morgan fingerprint density at radius 1 is 1.14 bits per heavy atom. The lowest BCUT2D eigenvalue weighted by Crippen LogP contribution is -2.33. The molecule has 0 saturated carbocycles. The molecule has 0 spiro atoms. The molecular formula is C13H13F3N2O3S. The molecule has 0 aliphatic heterocycles. The van der Waals surface area contributed by atoms with E-state index in [1.165, 1.54) is 19.9 Å². The van der Waals surface area contributed by atoms with Crippen molar-refractivity contribution in [2.45, 2.75) is 25.3 Å². The number of alkyl halides is 3. The van der Waals surface area contributed by atoms with Crippen molar-refractivity contribution in [3.05, 3.63) is 52.7 Å². The molecule has 0 saturated heterocycles. The molecule has 2 rings (SSSR count). The second kappa shape index (κ2) is 5.31. The third-order valence-corrected chi connectivity index (χ3v) is 5.08. The van der Waals surface area contributed by atoms with Gasteiger partial charge in [0.1, 0.15) is 0 Å². The fraction of sp³-hybridized carbons (Fsp3) is 0.308. The van der Waals surface area contributed by atoms with E-state index in [-0.39, 0.29) is 5.69 Å². The molecule has 0 unspecified atom stereocenters. The molecule has 120 valence electrons. The second-order valence-corrected chi connectivity index (χ2v) is 7.25. The van der Waals surface area contributed by atoms with Crippen molar-refractivity contribution in [3.63, 3.8) is 0 Å². The average Bonchev–Trinajstić information content (AvgIpc) is 2.80. The number of rotatable bonds is 3. The molecule has 1 heterocycles. The van der Waals surface area contributed by atoms with Crippen LogP contribution in [0.2, 0.25) is 0 Å². The first kappa shape index (κ1) is 16.3. The smallest absolute Gasteiger partial charge is 0.267 e. The second-order valence-electron chi connectivity index (χ2n) is 4.89. The van der Waals surface area contributed by atoms with Crippen molar-refractivity contribution in [1.29, 1.82) is 0 Å². The fourth-order valence-corrected chi connectivity index (χ4v) is 2.79. The third kappa shape index (κ3) is 2.80. The van der Waals surface area contributed by atoms with E-state index in [4.69, 9.17) is 0 Å². The Hall–Kier alpha value is -2.03. The number of benzene rings is 1. The molecule has 0 fully saturated rings. The largest absolute Gasteiger partial charge is 0.416 e. The van der Waals surface area contributed by atoms with Crippen LogP contribution in [-0.2, 0) is 16.2 Å². The molecule has 2 aromatic rings. The first-order valence-corrected chi connectivity index (χ1v) is 7.77. The van der Waals surface area contributed by atoms with Crippen LogP contribution in [0, 0.1) is 0 Å². The summed E-state index contributed by atoms with van der Waals surface area (Å²) in [4.78, 5) is 12.1. The molecular weight excluding hydrogens is 321 g/mol. The topological polar surface area (TPSA) is 61.1 Å². The van der Waals surface area contributed by atoms with Gasteiger partial charge in [0.05, 0.1) is 16.5 Å². The molecule has 5 nitrogen and oxygen atoms in total. The highest BCUT2D eigenvalue weighted by atomic mass is 32.2. The van der Waals surface area contributed by atoms with Crippen LogP contribution in [0.25, 0.3) is 5.69 Å². The van der Waals surface area contributed by atoms with E-state index < -0.39 is 32.7 Å². The summed E-state index contributed by atoms with van der Waals surface area (Å²) >= 11 is 0. The van der Waals surface area contributed by atoms with Gasteiger partial charge in [-0.05, 0) is 32.0 Å². The summed E-state index contributed by atoms with van der Waals surface area (Å²) in [5, 5.41) is -0.831. The van der Waals surface area contributed by atoms with Crippen LogP contribution in [0.5, 0.6) is 0 Å². The van der Waals surface area contributed by atoms with E-state index in [9.17, 15) is 26.4 Å². The molecule has 22 heavy (non-hydrogen) atoms. The van der Waals surface area contributed by atoms with Gasteiger partial charge in [-0.15, -0.1) is 0 Å². The van der Waals surface area contributed by atoms with Gasteiger partial charge in [0.15, 0.2) is 0 Å². The number of nitrogens with zero attached hydrogens (tertiary/aromatic N) is 2. The van der Waals surface area contributed by atoms with Crippen molar-refractivity contribution in [3.8, 4) is 5.69 Å². The summed E-state index contributed by atoms with van der Waals surface area (Å²) in [6.45, 7) is 2.81. The Morgan fingerprint density at radius 2 is 1.77 bits per heavy atom. The zero-order chi connectivity index (χ0) is 16.7. The van der Waals surface area contributed by atoms with Gasteiger partial charge in [-0.1, -0.05) is 6.07 Å². The Labute approximate surface area is 124 Å². The van der Waals surface area contributed by atoms with Crippen LogP contribution < -0.4 is 5.69 Å². The van der Waals surface area contributed by atoms with Gasteiger partial charge in [-0.25, -0.2) is 13.2 Å². The lowest BCUT2D eigenvalue weighted by Gasteiger charge is -2.09. The molecule has 0 radical (unpaired) electrons. The predicted octanol–water partition coefficient (Wildman–Crippen LogP) is 2.24. The standard InChI is InChI=1S/C13H13F3N2O3S/c1-9(2)22(20,21)18-7-6-17(12(18)19)11-5-3-4-10(8-11)13(14,15)16/h3-9H,1-2H3. The van der Waals surface area contributed by atoms with Crippen LogP contribution in [0.3, 0.4) is 0 Å². The molecule has 1 aromatic carbocycles. The zero-order valence-corrected chi connectivity index (χ0v) is 12.5. The summed E-state index contributed by atoms with van der Waals surface area (Å²) in [6, 6.07) is 4.10. The van der Waals surface area contributed by atoms with Gasteiger partial charge in [0, 0.05) is 12.4 Å². The summed E-state index contributed by atoms with van der Waals surface area (Å²) < 4.78 is 63.5. The molecule has 1 aromatic heterocycles. The molecule has 0 bridgehead atoms. The predicted molar refractivity (Wildman–Crippen MR) is 74.5 cm³/mol. The number of hydrogen-bond acceptors (Lipinski definition) is 3. The van der Waals surface area contributed by atoms with Crippen LogP contribution in [0.1, 0.15) is 19.4 Å². The van der Waals surface area contributed by atoms with Gasteiger partial charge in [-0.2, -0.15) is 17.1 Å². The molecule has 0 aliphatic rings. The lowest BCUT2D eigenvalue weighted by molar-refractivity contribution is -0.137. The maximum absolute atomic E-state index is 12.7. The highest BCUT2D eigenvalue weighted by molar-refractivity contribution is 7.90. The molecule has 0 atom stereocenters. The normalized spacial score (nSPS) is 12.8. The van der Waals surface area contributed by atoms with Crippen LogP contribution in [0.4, 0.5) is 13.2 Å². The fourth-order valence-electron chi connectivity index (χ4n) is 1.81. The Kier molecular flexibility index (Phi) is 3.94. The number of aromatic nitrogens is 2. The first-order valence-electron chi connectivity index (χ1n) is 6.27. The van der Waals surface area contributed by atoms with E-state index in [1.807, 2.05) is 0 Å². The van der Waals surface area contributed by atoms with Gasteiger partial charge >= 0.3 is 11.9 Å². The average molecular weight is 334 g/mol. The molecule has 9 heteroatoms. The third-order valence-electron chi connectivity index (χ3n) is 3.07. The minimum Gasteiger partial charge on any atom is -0.267 e. The SMILES string of the molecule is CC(C)S(=O)(=O)n1ccn(-c2cccc(C(F)(F)F)c2)c1=O. The zero-order valence-electron chi connectivity index (χ0n) is 11.7. The van der Waals surface area contributed by atoms with Crippen molar-refractivity contribution in [2.75, 3.05) is 0 Å². The molecule has 0 aliphatic carbocycles. The van der Waals surface area contributed by atoms with Crippen molar-refractivity contribution < 1.29 is 21.6 Å². The van der Waals surface area contributed by atoms with Gasteiger partial charge in [-0.3, -0.25) is 4.57 Å². The first-order chi connectivity index (χ1) is 10.0. The van der Waals surface area contributed by atoms with Crippen molar-refractivity contribution >= 4 is 10.0 Å². The molecule has 0 amide bonds. The van der Waals surface area contributed by atoms with E-state index >= 15 is 0 Å². The quantitative estimate of drug-likeness (QED) is 0.865. The number of hydrogen-bond donors (Lipinski definition) is 0. The van der Waals surface area contributed by atoms with Crippen LogP contribution in [0.15, 0.2) is 41.5 Å². The van der Waals surface area contributed by atoms with Gasteiger partial charge in [0.25, 0.3) is 0 Å². The van der Waals surface area contributed by atoms with E-state index in [2.05, 4.69) is 0 Å². The number of imidazole rings is 1. The van der Waals surface area contributed by atoms with E-state index in [0.717, 1.165) is 35.2 Å². The Bertz CT molecular complexity index is 848. The van der Waals surface area contributed by atoms with Crippen LogP contribution in [-0.4, -0.2) is 22.2 Å². The van der Waals surface area contributed by atoms with Crippen molar-refractivity contribution in [1.82, 2.24) is 8.54 Å². The molecule has 0 N–H and O–H groups in total. The minimum absolute atomic E-state index is 0.0578. The van der Waals surface area contributed by atoms with E-state index in [0.29, 0.717) is 3.97 Å². The number of halogens is 3. The summed E-state index contributed by atoms with van der Waals surface area (Å²) in [5.74, 6) is 0. The van der Waals surface area contributed by atoms with Crippen LogP contribution >= 0.6 is 0 Å². The maximum atomic E-state index is 12.7. The summed E-state index contributed by atoms with van der Waals surface area (Å²) in [6.07, 6.45) is -2.40. The Morgan fingerprint density at radius 3 is 2.32 bits per heavy atom.